The van der Waals surface area contributed by atoms with E-state index in [-0.39, 0.29) is 24.3 Å². The molecule has 0 bridgehead atoms. The highest BCUT2D eigenvalue weighted by atomic mass is 79.9. The van der Waals surface area contributed by atoms with E-state index in [1.165, 1.54) is 6.07 Å². The second-order valence-corrected chi connectivity index (χ2v) is 6.72. The zero-order valence-electron chi connectivity index (χ0n) is 14.1. The zero-order valence-corrected chi connectivity index (χ0v) is 15.6. The molecule has 1 aromatic heterocycles. The molecule has 0 saturated heterocycles. The molecule has 10 heteroatoms. The van der Waals surface area contributed by atoms with Crippen LogP contribution in [-0.4, -0.2) is 16.2 Å². The molecule has 0 atom stereocenters. The molecule has 0 spiro atoms. The van der Waals surface area contributed by atoms with Crippen LogP contribution in [0.25, 0.3) is 0 Å². The van der Waals surface area contributed by atoms with Crippen LogP contribution in [0.2, 0.25) is 0 Å². The molecule has 4 nitrogen and oxygen atoms in total. The summed E-state index contributed by atoms with van der Waals surface area (Å²) in [4.78, 5) is 14.9. The minimum Gasteiger partial charge on any atom is -0.324 e. The molecule has 0 fully saturated rings. The van der Waals surface area contributed by atoms with Crippen molar-refractivity contribution in [3.8, 4) is 6.07 Å². The van der Waals surface area contributed by atoms with Crippen molar-refractivity contribution in [1.29, 1.82) is 5.26 Å². The minimum atomic E-state index is -5.07. The fourth-order valence-electron chi connectivity index (χ4n) is 2.32. The number of amides is 1. The van der Waals surface area contributed by atoms with Gasteiger partial charge in [0.25, 0.3) is 6.43 Å². The van der Waals surface area contributed by atoms with E-state index in [0.29, 0.717) is 11.8 Å². The number of anilines is 1. The lowest BCUT2D eigenvalue weighted by molar-refractivity contribution is -0.141. The standard InChI is InChI=1S/C16H17BrF5N3O/c1-8(2)6-9-10(7-23)14(16(20,21)22)25-13(15(18)19)12(9)24-11(26)4-3-5-17/h8,15H,3-6H2,1-2H3,(H,24,26). The monoisotopic (exact) mass is 441 g/mol. The number of pyridine rings is 1. The molecule has 0 saturated carbocycles. The van der Waals surface area contributed by atoms with Gasteiger partial charge in [-0.2, -0.15) is 18.4 Å². The van der Waals surface area contributed by atoms with E-state index >= 15 is 0 Å². The highest BCUT2D eigenvalue weighted by Crippen LogP contribution is 2.39. The molecule has 1 amide bonds. The molecule has 1 N–H and O–H groups in total. The Morgan fingerprint density at radius 3 is 2.38 bits per heavy atom. The summed E-state index contributed by atoms with van der Waals surface area (Å²) in [7, 11) is 0. The van der Waals surface area contributed by atoms with Crippen molar-refractivity contribution < 1.29 is 26.7 Å². The molecule has 0 unspecified atom stereocenters. The number of nitriles is 1. The number of aromatic nitrogens is 1. The van der Waals surface area contributed by atoms with Gasteiger partial charge < -0.3 is 5.32 Å². The van der Waals surface area contributed by atoms with Crippen molar-refractivity contribution in [2.24, 2.45) is 5.92 Å². The molecule has 1 rings (SSSR count). The average molecular weight is 442 g/mol. The molecular formula is C16H17BrF5N3O. The van der Waals surface area contributed by atoms with Gasteiger partial charge in [-0.1, -0.05) is 29.8 Å². The summed E-state index contributed by atoms with van der Waals surface area (Å²) < 4.78 is 66.4. The summed E-state index contributed by atoms with van der Waals surface area (Å²) in [5.41, 5.74) is -4.46. The van der Waals surface area contributed by atoms with Crippen LogP contribution in [0.5, 0.6) is 0 Å². The molecule has 0 aromatic carbocycles. The van der Waals surface area contributed by atoms with Crippen molar-refractivity contribution in [3.05, 3.63) is 22.5 Å². The number of alkyl halides is 6. The molecule has 0 aliphatic rings. The lowest BCUT2D eigenvalue weighted by Gasteiger charge is -2.21. The van der Waals surface area contributed by atoms with Gasteiger partial charge in [-0.15, -0.1) is 0 Å². The third-order valence-corrected chi connectivity index (χ3v) is 3.89. The summed E-state index contributed by atoms with van der Waals surface area (Å²) >= 11 is 3.12. The fraction of sp³-hybridized carbons (Fsp3) is 0.562. The van der Waals surface area contributed by atoms with E-state index in [4.69, 9.17) is 0 Å². The van der Waals surface area contributed by atoms with Gasteiger partial charge in [0.1, 0.15) is 11.8 Å². The van der Waals surface area contributed by atoms with Crippen molar-refractivity contribution in [1.82, 2.24) is 4.98 Å². The molecule has 1 aromatic rings. The summed E-state index contributed by atoms with van der Waals surface area (Å²) in [6, 6.07) is 1.41. The topological polar surface area (TPSA) is 65.8 Å². The maximum Gasteiger partial charge on any atom is 0.434 e. The van der Waals surface area contributed by atoms with Gasteiger partial charge in [0.05, 0.1) is 11.3 Å². The summed E-state index contributed by atoms with van der Waals surface area (Å²) in [6.07, 6.45) is -8.12. The van der Waals surface area contributed by atoms with E-state index in [1.54, 1.807) is 13.8 Å². The van der Waals surface area contributed by atoms with E-state index in [0.717, 1.165) is 0 Å². The SMILES string of the molecule is CC(C)Cc1c(C#N)c(C(F)(F)F)nc(C(F)F)c1NC(=O)CCCBr. The minimum absolute atomic E-state index is 0.0159. The van der Waals surface area contributed by atoms with Crippen LogP contribution in [0, 0.1) is 17.2 Å². The number of rotatable bonds is 7. The highest BCUT2D eigenvalue weighted by Gasteiger charge is 2.39. The number of nitrogens with zero attached hydrogens (tertiary/aromatic N) is 2. The Balaban J connectivity index is 3.67. The molecule has 1 heterocycles. The summed E-state index contributed by atoms with van der Waals surface area (Å²) in [5.74, 6) is -0.879. The van der Waals surface area contributed by atoms with Crippen molar-refractivity contribution in [2.45, 2.75) is 45.7 Å². The van der Waals surface area contributed by atoms with Crippen LogP contribution in [-0.2, 0) is 17.4 Å². The third-order valence-electron chi connectivity index (χ3n) is 3.33. The second-order valence-electron chi connectivity index (χ2n) is 5.92. The maximum absolute atomic E-state index is 13.4. The molecule has 26 heavy (non-hydrogen) atoms. The van der Waals surface area contributed by atoms with Gasteiger partial charge >= 0.3 is 6.18 Å². The Morgan fingerprint density at radius 1 is 1.35 bits per heavy atom. The van der Waals surface area contributed by atoms with E-state index < -0.39 is 41.1 Å². The van der Waals surface area contributed by atoms with Crippen LogP contribution in [0.1, 0.15) is 55.6 Å². The number of hydrogen-bond acceptors (Lipinski definition) is 3. The first-order valence-electron chi connectivity index (χ1n) is 7.70. The third kappa shape index (κ3) is 5.62. The number of halogens is 6. The van der Waals surface area contributed by atoms with Crippen molar-refractivity contribution in [2.75, 3.05) is 10.6 Å². The number of nitrogens with one attached hydrogen (secondary N) is 1. The Hall–Kier alpha value is -1.76. The normalized spacial score (nSPS) is 11.7. The largest absolute Gasteiger partial charge is 0.434 e. The maximum atomic E-state index is 13.4. The fourth-order valence-corrected chi connectivity index (χ4v) is 2.60. The van der Waals surface area contributed by atoms with Crippen molar-refractivity contribution >= 4 is 27.5 Å². The predicted octanol–water partition coefficient (Wildman–Crippen LogP) is 5.22. The van der Waals surface area contributed by atoms with Gasteiger partial charge in [0.2, 0.25) is 5.91 Å². The first kappa shape index (κ1) is 22.3. The highest BCUT2D eigenvalue weighted by molar-refractivity contribution is 9.09. The summed E-state index contributed by atoms with van der Waals surface area (Å²) in [6.45, 7) is 3.32. The first-order chi connectivity index (χ1) is 12.0. The summed E-state index contributed by atoms with van der Waals surface area (Å²) in [5, 5.41) is 11.9. The number of carbonyl (C=O) groups is 1. The lowest BCUT2D eigenvalue weighted by atomic mass is 9.94. The zero-order chi connectivity index (χ0) is 20.1. The molecule has 0 radical (unpaired) electrons. The van der Waals surface area contributed by atoms with Gasteiger partial charge in [0, 0.05) is 11.8 Å². The second kappa shape index (κ2) is 9.26. The van der Waals surface area contributed by atoms with Crippen LogP contribution in [0.3, 0.4) is 0 Å². The smallest absolute Gasteiger partial charge is 0.324 e. The van der Waals surface area contributed by atoms with Gasteiger partial charge in [-0.25, -0.2) is 13.8 Å². The Bertz CT molecular complexity index is 699. The predicted molar refractivity (Wildman–Crippen MR) is 89.1 cm³/mol. The van der Waals surface area contributed by atoms with Crippen molar-refractivity contribution in [3.63, 3.8) is 0 Å². The van der Waals surface area contributed by atoms with E-state index in [9.17, 15) is 32.0 Å². The number of hydrogen-bond donors (Lipinski definition) is 1. The van der Waals surface area contributed by atoms with E-state index in [1.807, 2.05) is 0 Å². The Morgan fingerprint density at radius 2 is 1.96 bits per heavy atom. The first-order valence-corrected chi connectivity index (χ1v) is 8.83. The molecule has 144 valence electrons. The lowest BCUT2D eigenvalue weighted by Crippen LogP contribution is -2.21. The quantitative estimate of drug-likeness (QED) is 0.465. The van der Waals surface area contributed by atoms with Gasteiger partial charge in [0.15, 0.2) is 5.69 Å². The van der Waals surface area contributed by atoms with Crippen LogP contribution in [0.15, 0.2) is 0 Å². The number of carbonyl (C=O) groups excluding carboxylic acids is 1. The average Bonchev–Trinajstić information content (AvgIpc) is 2.52. The Kier molecular flexibility index (Phi) is 7.93. The molecule has 0 aliphatic carbocycles. The molecule has 0 aliphatic heterocycles. The van der Waals surface area contributed by atoms with Gasteiger partial charge in [-0.3, -0.25) is 4.79 Å². The molecular weight excluding hydrogens is 425 g/mol. The van der Waals surface area contributed by atoms with Crippen LogP contribution >= 0.6 is 15.9 Å². The van der Waals surface area contributed by atoms with Gasteiger partial charge in [-0.05, 0) is 24.3 Å². The van der Waals surface area contributed by atoms with Crippen LogP contribution < -0.4 is 5.32 Å². The van der Waals surface area contributed by atoms with E-state index in [2.05, 4.69) is 26.2 Å². The van der Waals surface area contributed by atoms with Crippen LogP contribution in [0.4, 0.5) is 27.6 Å². The Labute approximate surface area is 155 Å².